The Hall–Kier alpha value is -0.140. The summed E-state index contributed by atoms with van der Waals surface area (Å²) in [5.41, 5.74) is 0.134. The van der Waals surface area contributed by atoms with Crippen LogP contribution >= 0.6 is 22.6 Å². The molecule has 1 aromatic rings. The SMILES string of the molecule is CC(C)(C)CCNS(=O)(=O)c1ccc(I)cc1. The molecule has 0 fully saturated rings. The number of benzene rings is 1. The monoisotopic (exact) mass is 367 g/mol. The molecule has 3 nitrogen and oxygen atoms in total. The van der Waals surface area contributed by atoms with E-state index in [-0.39, 0.29) is 5.41 Å². The minimum absolute atomic E-state index is 0.134. The van der Waals surface area contributed by atoms with E-state index in [4.69, 9.17) is 0 Å². The molecule has 0 aliphatic heterocycles. The molecular weight excluding hydrogens is 349 g/mol. The molecule has 0 spiro atoms. The second-order valence-corrected chi connectivity index (χ2v) is 8.17. The second-order valence-electron chi connectivity index (χ2n) is 5.16. The first-order valence-electron chi connectivity index (χ1n) is 5.46. The van der Waals surface area contributed by atoms with Crippen molar-refractivity contribution in [1.29, 1.82) is 0 Å². The van der Waals surface area contributed by atoms with Crippen LogP contribution < -0.4 is 4.72 Å². The zero-order valence-electron chi connectivity index (χ0n) is 10.3. The molecule has 0 atom stereocenters. The molecule has 0 aromatic heterocycles. The average molecular weight is 367 g/mol. The van der Waals surface area contributed by atoms with Crippen molar-refractivity contribution in [3.8, 4) is 0 Å². The molecule has 0 amide bonds. The summed E-state index contributed by atoms with van der Waals surface area (Å²) in [4.78, 5) is 0.326. The minimum Gasteiger partial charge on any atom is -0.211 e. The van der Waals surface area contributed by atoms with E-state index in [1.807, 2.05) is 0 Å². The van der Waals surface area contributed by atoms with Crippen molar-refractivity contribution in [3.05, 3.63) is 27.8 Å². The Kier molecular flexibility index (Phi) is 4.97. The fraction of sp³-hybridized carbons (Fsp3) is 0.500. The van der Waals surface area contributed by atoms with Gasteiger partial charge in [0.2, 0.25) is 10.0 Å². The summed E-state index contributed by atoms with van der Waals surface area (Å²) in [7, 11) is -3.35. The predicted molar refractivity (Wildman–Crippen MR) is 78.4 cm³/mol. The van der Waals surface area contributed by atoms with E-state index >= 15 is 0 Å². The molecule has 1 rings (SSSR count). The van der Waals surface area contributed by atoms with E-state index in [0.717, 1.165) is 9.99 Å². The van der Waals surface area contributed by atoms with Crippen LogP contribution in [0.3, 0.4) is 0 Å². The fourth-order valence-electron chi connectivity index (χ4n) is 1.26. The number of halogens is 1. The lowest BCUT2D eigenvalue weighted by Crippen LogP contribution is -2.27. The highest BCUT2D eigenvalue weighted by molar-refractivity contribution is 14.1. The zero-order chi connectivity index (χ0) is 13.1. The quantitative estimate of drug-likeness (QED) is 0.832. The van der Waals surface area contributed by atoms with Gasteiger partial charge >= 0.3 is 0 Å². The van der Waals surface area contributed by atoms with Crippen LogP contribution in [0.5, 0.6) is 0 Å². The van der Waals surface area contributed by atoms with E-state index in [0.29, 0.717) is 11.4 Å². The lowest BCUT2D eigenvalue weighted by atomic mass is 9.93. The Morgan fingerprint density at radius 2 is 1.71 bits per heavy atom. The van der Waals surface area contributed by atoms with Crippen LogP contribution in [-0.4, -0.2) is 15.0 Å². The summed E-state index contributed by atoms with van der Waals surface area (Å²) in [5.74, 6) is 0. The van der Waals surface area contributed by atoms with Gasteiger partial charge in [0.1, 0.15) is 0 Å². The zero-order valence-corrected chi connectivity index (χ0v) is 13.3. The summed E-state index contributed by atoms with van der Waals surface area (Å²) >= 11 is 2.15. The van der Waals surface area contributed by atoms with Gasteiger partial charge in [-0.3, -0.25) is 0 Å². The maximum Gasteiger partial charge on any atom is 0.240 e. The number of rotatable bonds is 4. The van der Waals surface area contributed by atoms with Crippen molar-refractivity contribution in [1.82, 2.24) is 4.72 Å². The third kappa shape index (κ3) is 5.35. The highest BCUT2D eigenvalue weighted by Crippen LogP contribution is 2.18. The van der Waals surface area contributed by atoms with Gasteiger partial charge in [-0.2, -0.15) is 0 Å². The number of hydrogen-bond acceptors (Lipinski definition) is 2. The van der Waals surface area contributed by atoms with Gasteiger partial charge in [-0.1, -0.05) is 20.8 Å². The van der Waals surface area contributed by atoms with E-state index in [9.17, 15) is 8.42 Å². The Morgan fingerprint density at radius 3 is 2.18 bits per heavy atom. The van der Waals surface area contributed by atoms with E-state index in [1.165, 1.54) is 0 Å². The van der Waals surface area contributed by atoms with Gasteiger partial charge in [0, 0.05) is 10.1 Å². The van der Waals surface area contributed by atoms with Crippen LogP contribution in [0.25, 0.3) is 0 Å². The predicted octanol–water partition coefficient (Wildman–Crippen LogP) is 3.01. The molecule has 0 unspecified atom stereocenters. The van der Waals surface area contributed by atoms with E-state index < -0.39 is 10.0 Å². The number of sulfonamides is 1. The van der Waals surface area contributed by atoms with Crippen LogP contribution in [-0.2, 0) is 10.0 Å². The smallest absolute Gasteiger partial charge is 0.211 e. The van der Waals surface area contributed by atoms with Crippen molar-refractivity contribution in [2.24, 2.45) is 5.41 Å². The molecule has 17 heavy (non-hydrogen) atoms. The standard InChI is InChI=1S/C12H18INO2S/c1-12(2,3)8-9-14-17(15,16)11-6-4-10(13)5-7-11/h4-7,14H,8-9H2,1-3H3. The maximum absolute atomic E-state index is 11.9. The van der Waals surface area contributed by atoms with Crippen molar-refractivity contribution in [2.45, 2.75) is 32.1 Å². The molecule has 96 valence electrons. The van der Waals surface area contributed by atoms with E-state index in [2.05, 4.69) is 48.1 Å². The summed E-state index contributed by atoms with van der Waals surface area (Å²) < 4.78 is 27.5. The van der Waals surface area contributed by atoms with Gasteiger partial charge in [-0.25, -0.2) is 13.1 Å². The van der Waals surface area contributed by atoms with Gasteiger partial charge in [-0.05, 0) is 58.7 Å². The van der Waals surface area contributed by atoms with Crippen LogP contribution in [0.2, 0.25) is 0 Å². The first-order chi connectivity index (χ1) is 7.71. The molecule has 1 N–H and O–H groups in total. The topological polar surface area (TPSA) is 46.2 Å². The highest BCUT2D eigenvalue weighted by atomic mass is 127. The molecule has 0 bridgehead atoms. The minimum atomic E-state index is -3.35. The summed E-state index contributed by atoms with van der Waals surface area (Å²) in [6.45, 7) is 6.74. The molecule has 0 aliphatic carbocycles. The first kappa shape index (κ1) is 14.9. The summed E-state index contributed by atoms with van der Waals surface area (Å²) in [6.07, 6.45) is 0.816. The third-order valence-corrected chi connectivity index (χ3v) is 4.49. The Balaban J connectivity index is 2.66. The summed E-state index contributed by atoms with van der Waals surface area (Å²) in [6, 6.07) is 6.83. The highest BCUT2D eigenvalue weighted by Gasteiger charge is 2.15. The third-order valence-electron chi connectivity index (χ3n) is 2.29. The van der Waals surface area contributed by atoms with Crippen LogP contribution in [0.15, 0.2) is 29.2 Å². The van der Waals surface area contributed by atoms with E-state index in [1.54, 1.807) is 24.3 Å². The van der Waals surface area contributed by atoms with Crippen LogP contribution in [0, 0.1) is 8.99 Å². The van der Waals surface area contributed by atoms with Gasteiger partial charge in [-0.15, -0.1) is 0 Å². The van der Waals surface area contributed by atoms with Crippen molar-refractivity contribution < 1.29 is 8.42 Å². The van der Waals surface area contributed by atoms with Gasteiger partial charge in [0.15, 0.2) is 0 Å². The van der Waals surface area contributed by atoms with Gasteiger partial charge < -0.3 is 0 Å². The number of hydrogen-bond donors (Lipinski definition) is 1. The molecule has 0 radical (unpaired) electrons. The molecule has 0 saturated heterocycles. The van der Waals surface area contributed by atoms with Crippen molar-refractivity contribution in [3.63, 3.8) is 0 Å². The lowest BCUT2D eigenvalue weighted by molar-refractivity contribution is 0.378. The molecular formula is C12H18INO2S. The van der Waals surface area contributed by atoms with Crippen LogP contribution in [0.4, 0.5) is 0 Å². The normalized spacial score (nSPS) is 12.7. The molecule has 0 saturated carbocycles. The molecule has 0 aliphatic rings. The Morgan fingerprint density at radius 1 is 1.18 bits per heavy atom. The van der Waals surface area contributed by atoms with Crippen LogP contribution in [0.1, 0.15) is 27.2 Å². The second kappa shape index (κ2) is 5.67. The Labute approximate surface area is 117 Å². The molecule has 0 heterocycles. The lowest BCUT2D eigenvalue weighted by Gasteiger charge is -2.18. The maximum atomic E-state index is 11.9. The van der Waals surface area contributed by atoms with Gasteiger partial charge in [0.25, 0.3) is 0 Å². The number of nitrogens with one attached hydrogen (secondary N) is 1. The first-order valence-corrected chi connectivity index (χ1v) is 8.02. The largest absolute Gasteiger partial charge is 0.240 e. The van der Waals surface area contributed by atoms with Crippen molar-refractivity contribution >= 4 is 32.6 Å². The van der Waals surface area contributed by atoms with Crippen molar-refractivity contribution in [2.75, 3.05) is 6.54 Å². The fourth-order valence-corrected chi connectivity index (χ4v) is 2.65. The molecule has 5 heteroatoms. The summed E-state index contributed by atoms with van der Waals surface area (Å²) in [5, 5.41) is 0. The van der Waals surface area contributed by atoms with Gasteiger partial charge in [0.05, 0.1) is 4.90 Å². The average Bonchev–Trinajstić information content (AvgIpc) is 2.15. The molecule has 1 aromatic carbocycles. The Bertz CT molecular complexity index is 460.